The molecule has 6 heteroatoms. The molecule has 0 aliphatic carbocycles. The molecule has 0 aliphatic rings. The first kappa shape index (κ1) is 14.4. The van der Waals surface area contributed by atoms with Crippen LogP contribution in [-0.4, -0.2) is 16.8 Å². The van der Waals surface area contributed by atoms with E-state index in [1.54, 1.807) is 11.3 Å². The maximum absolute atomic E-state index is 6.23. The fraction of sp³-hybridized carbons (Fsp3) is 0.462. The standard InChI is InChI=1S/C13H19BrN4S/c1-8(2)12-11(15)13(18(4)16-12)17(3)6-9-5-10(14)19-7-9/h5,7-8H,6,15H2,1-4H3. The van der Waals surface area contributed by atoms with E-state index in [-0.39, 0.29) is 0 Å². The lowest BCUT2D eigenvalue weighted by Crippen LogP contribution is -2.20. The molecule has 4 nitrogen and oxygen atoms in total. The van der Waals surface area contributed by atoms with E-state index in [2.05, 4.69) is 51.2 Å². The molecular weight excluding hydrogens is 324 g/mol. The van der Waals surface area contributed by atoms with Gasteiger partial charge in [0.2, 0.25) is 0 Å². The Hall–Kier alpha value is -1.01. The van der Waals surface area contributed by atoms with Crippen molar-refractivity contribution in [2.24, 2.45) is 7.05 Å². The molecule has 104 valence electrons. The van der Waals surface area contributed by atoms with Crippen LogP contribution in [0.2, 0.25) is 0 Å². The normalized spacial score (nSPS) is 11.3. The molecule has 0 fully saturated rings. The molecule has 0 spiro atoms. The van der Waals surface area contributed by atoms with Crippen LogP contribution in [0.15, 0.2) is 15.2 Å². The number of aromatic nitrogens is 2. The Morgan fingerprint density at radius 1 is 1.53 bits per heavy atom. The number of nitrogens with two attached hydrogens (primary N) is 1. The summed E-state index contributed by atoms with van der Waals surface area (Å²) in [6.45, 7) is 5.04. The average Bonchev–Trinajstić information content (AvgIpc) is 2.83. The van der Waals surface area contributed by atoms with Crippen LogP contribution in [0, 0.1) is 0 Å². The minimum atomic E-state index is 0.337. The number of hydrogen-bond donors (Lipinski definition) is 1. The maximum Gasteiger partial charge on any atom is 0.150 e. The fourth-order valence-corrected chi connectivity index (χ4v) is 3.41. The molecule has 2 heterocycles. The third kappa shape index (κ3) is 2.95. The van der Waals surface area contributed by atoms with Crippen LogP contribution < -0.4 is 10.6 Å². The van der Waals surface area contributed by atoms with Crippen molar-refractivity contribution in [3.63, 3.8) is 0 Å². The van der Waals surface area contributed by atoms with Crippen LogP contribution in [-0.2, 0) is 13.6 Å². The lowest BCUT2D eigenvalue weighted by Gasteiger charge is -2.19. The van der Waals surface area contributed by atoms with Crippen molar-refractivity contribution < 1.29 is 0 Å². The highest BCUT2D eigenvalue weighted by atomic mass is 79.9. The molecule has 0 amide bonds. The Balaban J connectivity index is 2.26. The maximum atomic E-state index is 6.23. The van der Waals surface area contributed by atoms with Crippen LogP contribution in [0.4, 0.5) is 11.5 Å². The van der Waals surface area contributed by atoms with E-state index >= 15 is 0 Å². The summed E-state index contributed by atoms with van der Waals surface area (Å²) in [5.74, 6) is 1.31. The van der Waals surface area contributed by atoms with E-state index in [0.717, 1.165) is 27.5 Å². The second-order valence-electron chi connectivity index (χ2n) is 5.02. The van der Waals surface area contributed by atoms with Crippen molar-refractivity contribution in [2.75, 3.05) is 17.7 Å². The van der Waals surface area contributed by atoms with Crippen LogP contribution >= 0.6 is 27.3 Å². The molecule has 0 unspecified atom stereocenters. The van der Waals surface area contributed by atoms with Gasteiger partial charge in [-0.1, -0.05) is 13.8 Å². The molecule has 0 saturated heterocycles. The SMILES string of the molecule is CC(C)c1nn(C)c(N(C)Cc2csc(Br)c2)c1N. The zero-order valence-corrected chi connectivity index (χ0v) is 14.0. The highest BCUT2D eigenvalue weighted by Crippen LogP contribution is 2.31. The summed E-state index contributed by atoms with van der Waals surface area (Å²) in [4.78, 5) is 2.14. The highest BCUT2D eigenvalue weighted by molar-refractivity contribution is 9.11. The van der Waals surface area contributed by atoms with Crippen molar-refractivity contribution >= 4 is 38.8 Å². The molecule has 0 atom stereocenters. The molecular formula is C13H19BrN4S. The molecule has 0 saturated carbocycles. The van der Waals surface area contributed by atoms with Gasteiger partial charge in [-0.25, -0.2) is 0 Å². The van der Waals surface area contributed by atoms with Crippen molar-refractivity contribution in [3.05, 3.63) is 26.5 Å². The summed E-state index contributed by atoms with van der Waals surface area (Å²) in [7, 11) is 3.99. The van der Waals surface area contributed by atoms with E-state index in [9.17, 15) is 0 Å². The van der Waals surface area contributed by atoms with E-state index in [4.69, 9.17) is 5.73 Å². The summed E-state index contributed by atoms with van der Waals surface area (Å²) in [5, 5.41) is 6.67. The minimum Gasteiger partial charge on any atom is -0.394 e. The third-order valence-electron chi connectivity index (χ3n) is 3.03. The Morgan fingerprint density at radius 3 is 2.68 bits per heavy atom. The van der Waals surface area contributed by atoms with Crippen molar-refractivity contribution in [1.29, 1.82) is 0 Å². The van der Waals surface area contributed by atoms with Crippen LogP contribution in [0.5, 0.6) is 0 Å². The van der Waals surface area contributed by atoms with Crippen molar-refractivity contribution in [2.45, 2.75) is 26.3 Å². The summed E-state index contributed by atoms with van der Waals surface area (Å²) < 4.78 is 3.02. The molecule has 0 radical (unpaired) electrons. The molecule has 2 aromatic heterocycles. The van der Waals surface area contributed by atoms with Gasteiger partial charge in [-0.3, -0.25) is 4.68 Å². The molecule has 19 heavy (non-hydrogen) atoms. The van der Waals surface area contributed by atoms with E-state index < -0.39 is 0 Å². The lowest BCUT2D eigenvalue weighted by atomic mass is 10.1. The number of thiophene rings is 1. The average molecular weight is 343 g/mol. The largest absolute Gasteiger partial charge is 0.394 e. The smallest absolute Gasteiger partial charge is 0.150 e. The summed E-state index contributed by atoms with van der Waals surface area (Å²) in [6, 6.07) is 2.14. The van der Waals surface area contributed by atoms with E-state index in [1.165, 1.54) is 5.56 Å². The van der Waals surface area contributed by atoms with Gasteiger partial charge in [0, 0.05) is 20.6 Å². The predicted octanol–water partition coefficient (Wildman–Crippen LogP) is 3.59. The zero-order valence-electron chi connectivity index (χ0n) is 11.6. The van der Waals surface area contributed by atoms with Gasteiger partial charge in [0.1, 0.15) is 5.82 Å². The summed E-state index contributed by atoms with van der Waals surface area (Å²) in [6.07, 6.45) is 0. The van der Waals surface area contributed by atoms with Gasteiger partial charge >= 0.3 is 0 Å². The fourth-order valence-electron chi connectivity index (χ4n) is 2.21. The molecule has 2 rings (SSSR count). The van der Waals surface area contributed by atoms with Crippen LogP contribution in [0.3, 0.4) is 0 Å². The first-order chi connectivity index (χ1) is 8.90. The molecule has 0 aliphatic heterocycles. The number of rotatable bonds is 4. The zero-order chi connectivity index (χ0) is 14.2. The Bertz CT molecular complexity index is 573. The lowest BCUT2D eigenvalue weighted by molar-refractivity contribution is 0.698. The first-order valence-electron chi connectivity index (χ1n) is 6.16. The predicted molar refractivity (Wildman–Crippen MR) is 85.8 cm³/mol. The van der Waals surface area contributed by atoms with Gasteiger partial charge in [-0.2, -0.15) is 5.10 Å². The molecule has 2 N–H and O–H groups in total. The van der Waals surface area contributed by atoms with Crippen LogP contribution in [0.1, 0.15) is 31.0 Å². The van der Waals surface area contributed by atoms with E-state index in [1.807, 2.05) is 18.8 Å². The molecule has 2 aromatic rings. The van der Waals surface area contributed by atoms with Crippen molar-refractivity contribution in [3.8, 4) is 0 Å². The number of anilines is 2. The van der Waals surface area contributed by atoms with Crippen molar-refractivity contribution in [1.82, 2.24) is 9.78 Å². The molecule has 0 bridgehead atoms. The Morgan fingerprint density at radius 2 is 2.21 bits per heavy atom. The number of nitrogen functional groups attached to an aromatic ring is 1. The topological polar surface area (TPSA) is 47.1 Å². The monoisotopic (exact) mass is 342 g/mol. The Labute approximate surface area is 126 Å². The van der Waals surface area contributed by atoms with Gasteiger partial charge < -0.3 is 10.6 Å². The highest BCUT2D eigenvalue weighted by Gasteiger charge is 2.19. The number of hydrogen-bond acceptors (Lipinski definition) is 4. The van der Waals surface area contributed by atoms with Gasteiger partial charge in [-0.05, 0) is 38.9 Å². The summed E-state index contributed by atoms with van der Waals surface area (Å²) in [5.41, 5.74) is 9.26. The summed E-state index contributed by atoms with van der Waals surface area (Å²) >= 11 is 5.18. The Kier molecular flexibility index (Phi) is 4.20. The number of aryl methyl sites for hydroxylation is 1. The second kappa shape index (κ2) is 5.54. The van der Waals surface area contributed by atoms with Gasteiger partial charge in [0.05, 0.1) is 15.2 Å². The second-order valence-corrected chi connectivity index (χ2v) is 7.31. The quantitative estimate of drug-likeness (QED) is 0.923. The molecule has 0 aromatic carbocycles. The van der Waals surface area contributed by atoms with Gasteiger partial charge in [0.15, 0.2) is 0 Å². The van der Waals surface area contributed by atoms with Crippen LogP contribution in [0.25, 0.3) is 0 Å². The van der Waals surface area contributed by atoms with E-state index in [0.29, 0.717) is 5.92 Å². The number of nitrogens with zero attached hydrogens (tertiary/aromatic N) is 3. The van der Waals surface area contributed by atoms with Gasteiger partial charge in [0.25, 0.3) is 0 Å². The minimum absolute atomic E-state index is 0.337. The third-order valence-corrected chi connectivity index (χ3v) is 4.58. The number of halogens is 1. The first-order valence-corrected chi connectivity index (χ1v) is 7.83. The van der Waals surface area contributed by atoms with Gasteiger partial charge in [-0.15, -0.1) is 11.3 Å².